The number of hydrogen-bond donors (Lipinski definition) is 0. The first-order valence-electron chi connectivity index (χ1n) is 6.92. The molecule has 0 saturated carbocycles. The number of aliphatic imine (C=N–C) groups is 1. The van der Waals surface area contributed by atoms with Gasteiger partial charge in [-0.05, 0) is 31.4 Å². The molecule has 0 aromatic heterocycles. The molecule has 0 unspecified atom stereocenters. The molecule has 1 aromatic rings. The van der Waals surface area contributed by atoms with Crippen LogP contribution in [-0.4, -0.2) is 23.2 Å². The lowest BCUT2D eigenvalue weighted by Crippen LogP contribution is -2.26. The molecule has 0 spiro atoms. The van der Waals surface area contributed by atoms with Crippen LogP contribution in [0, 0.1) is 6.92 Å². The summed E-state index contributed by atoms with van der Waals surface area (Å²) in [5.74, 6) is 0.873. The molecule has 1 saturated heterocycles. The van der Waals surface area contributed by atoms with Gasteiger partial charge in [-0.15, -0.1) is 0 Å². The number of carbonyl (C=O) groups is 1. The van der Waals surface area contributed by atoms with E-state index in [4.69, 9.17) is 0 Å². The van der Waals surface area contributed by atoms with Gasteiger partial charge in [0.25, 0.3) is 5.91 Å². The fourth-order valence-corrected chi connectivity index (χ4v) is 2.62. The molecular weight excluding hydrogens is 236 g/mol. The maximum absolute atomic E-state index is 12.0. The van der Waals surface area contributed by atoms with Crippen LogP contribution < -0.4 is 0 Å². The second-order valence-electron chi connectivity index (χ2n) is 5.24. The fraction of sp³-hybridized carbons (Fsp3) is 0.375. The molecule has 3 rings (SSSR count). The molecule has 0 atom stereocenters. The lowest BCUT2D eigenvalue weighted by molar-refractivity contribution is -0.114. The normalized spacial score (nSPS) is 21.3. The number of fused-ring (bicyclic) bond motifs is 1. The first-order chi connectivity index (χ1) is 9.24. The second kappa shape index (κ2) is 5.00. The zero-order valence-electron chi connectivity index (χ0n) is 11.2. The van der Waals surface area contributed by atoms with Crippen LogP contribution >= 0.6 is 0 Å². The molecule has 2 aliphatic rings. The van der Waals surface area contributed by atoms with Crippen LogP contribution in [0.2, 0.25) is 0 Å². The van der Waals surface area contributed by atoms with Gasteiger partial charge in [0, 0.05) is 13.0 Å². The van der Waals surface area contributed by atoms with E-state index in [0.29, 0.717) is 0 Å². The minimum absolute atomic E-state index is 0.0857. The minimum atomic E-state index is -0.0857. The molecule has 1 fully saturated rings. The van der Waals surface area contributed by atoms with Gasteiger partial charge in [0.05, 0.1) is 0 Å². The van der Waals surface area contributed by atoms with Crippen molar-refractivity contribution in [1.82, 2.24) is 4.90 Å². The van der Waals surface area contributed by atoms with Crippen molar-refractivity contribution in [3.05, 3.63) is 41.1 Å². The van der Waals surface area contributed by atoms with Crippen LogP contribution in [0.3, 0.4) is 0 Å². The van der Waals surface area contributed by atoms with Gasteiger partial charge in [-0.1, -0.05) is 36.2 Å². The maximum atomic E-state index is 12.0. The third-order valence-corrected chi connectivity index (χ3v) is 3.71. The highest BCUT2D eigenvalue weighted by atomic mass is 16.2. The summed E-state index contributed by atoms with van der Waals surface area (Å²) in [6.07, 6.45) is 6.39. The van der Waals surface area contributed by atoms with E-state index in [2.05, 4.69) is 28.9 Å². The van der Waals surface area contributed by atoms with Gasteiger partial charge < -0.3 is 4.90 Å². The molecule has 0 N–H and O–H groups in total. The van der Waals surface area contributed by atoms with Gasteiger partial charge in [0.2, 0.25) is 0 Å². The average Bonchev–Trinajstić information content (AvgIpc) is 2.58. The number of aryl methyl sites for hydroxylation is 1. The molecule has 98 valence electrons. The van der Waals surface area contributed by atoms with Gasteiger partial charge in [-0.3, -0.25) is 4.79 Å². The van der Waals surface area contributed by atoms with Crippen LogP contribution in [-0.2, 0) is 4.79 Å². The van der Waals surface area contributed by atoms with E-state index < -0.39 is 0 Å². The van der Waals surface area contributed by atoms with Crippen LogP contribution in [0.1, 0.15) is 36.8 Å². The van der Waals surface area contributed by atoms with Crippen molar-refractivity contribution < 1.29 is 4.79 Å². The Morgan fingerprint density at radius 2 is 1.95 bits per heavy atom. The Balaban J connectivity index is 1.91. The number of benzene rings is 1. The average molecular weight is 254 g/mol. The SMILES string of the molecule is Cc1ccc(/C=C2\C(=O)N=C3CCCCCN32)cc1. The lowest BCUT2D eigenvalue weighted by atomic mass is 10.1. The van der Waals surface area contributed by atoms with E-state index in [0.717, 1.165) is 42.9 Å². The molecule has 1 aromatic carbocycles. The maximum Gasteiger partial charge on any atom is 0.295 e. The molecule has 2 aliphatic heterocycles. The zero-order valence-corrected chi connectivity index (χ0v) is 11.2. The lowest BCUT2D eigenvalue weighted by Gasteiger charge is -2.18. The predicted molar refractivity (Wildman–Crippen MR) is 76.8 cm³/mol. The highest BCUT2D eigenvalue weighted by Gasteiger charge is 2.29. The highest BCUT2D eigenvalue weighted by Crippen LogP contribution is 2.25. The quantitative estimate of drug-likeness (QED) is 0.721. The molecule has 0 radical (unpaired) electrons. The van der Waals surface area contributed by atoms with E-state index in [1.165, 1.54) is 12.0 Å². The van der Waals surface area contributed by atoms with Crippen molar-refractivity contribution in [2.75, 3.05) is 6.54 Å². The van der Waals surface area contributed by atoms with E-state index in [1.807, 2.05) is 18.2 Å². The second-order valence-corrected chi connectivity index (χ2v) is 5.24. The third-order valence-electron chi connectivity index (χ3n) is 3.71. The summed E-state index contributed by atoms with van der Waals surface area (Å²) < 4.78 is 0. The van der Waals surface area contributed by atoms with Crippen molar-refractivity contribution >= 4 is 17.8 Å². The predicted octanol–water partition coefficient (Wildman–Crippen LogP) is 3.15. The summed E-state index contributed by atoms with van der Waals surface area (Å²) in [6, 6.07) is 8.23. The minimum Gasteiger partial charge on any atom is -0.325 e. The number of amidine groups is 1. The van der Waals surface area contributed by atoms with Gasteiger partial charge in [0.15, 0.2) is 0 Å². The molecule has 0 aliphatic carbocycles. The van der Waals surface area contributed by atoms with E-state index in [1.54, 1.807) is 0 Å². The topological polar surface area (TPSA) is 32.7 Å². The summed E-state index contributed by atoms with van der Waals surface area (Å²) in [7, 11) is 0. The summed E-state index contributed by atoms with van der Waals surface area (Å²) in [6.45, 7) is 2.98. The summed E-state index contributed by atoms with van der Waals surface area (Å²) in [5.41, 5.74) is 3.03. The van der Waals surface area contributed by atoms with E-state index in [-0.39, 0.29) is 5.91 Å². The molecule has 1 amide bonds. The van der Waals surface area contributed by atoms with Crippen molar-refractivity contribution in [3.63, 3.8) is 0 Å². The number of carbonyl (C=O) groups excluding carboxylic acids is 1. The third kappa shape index (κ3) is 2.46. The zero-order chi connectivity index (χ0) is 13.2. The van der Waals surface area contributed by atoms with Crippen LogP contribution in [0.15, 0.2) is 35.0 Å². The van der Waals surface area contributed by atoms with E-state index >= 15 is 0 Å². The molecule has 3 nitrogen and oxygen atoms in total. The summed E-state index contributed by atoms with van der Waals surface area (Å²) >= 11 is 0. The first kappa shape index (κ1) is 12.2. The van der Waals surface area contributed by atoms with Gasteiger partial charge in [-0.2, -0.15) is 4.99 Å². The van der Waals surface area contributed by atoms with Gasteiger partial charge >= 0.3 is 0 Å². The van der Waals surface area contributed by atoms with Crippen molar-refractivity contribution in [2.24, 2.45) is 4.99 Å². The summed E-state index contributed by atoms with van der Waals surface area (Å²) in [4.78, 5) is 18.3. The standard InChI is InChI=1S/C16H18N2O/c1-12-6-8-13(9-7-12)11-14-16(19)17-15-5-3-2-4-10-18(14)15/h6-9,11H,2-5,10H2,1H3/b14-11+. The Kier molecular flexibility index (Phi) is 3.20. The smallest absolute Gasteiger partial charge is 0.295 e. The Morgan fingerprint density at radius 3 is 2.74 bits per heavy atom. The highest BCUT2D eigenvalue weighted by molar-refractivity contribution is 6.13. The van der Waals surface area contributed by atoms with Gasteiger partial charge in [-0.25, -0.2) is 0 Å². The number of hydrogen-bond acceptors (Lipinski definition) is 2. The monoisotopic (exact) mass is 254 g/mol. The molecule has 2 heterocycles. The fourth-order valence-electron chi connectivity index (χ4n) is 2.62. The molecule has 3 heteroatoms. The Morgan fingerprint density at radius 1 is 1.16 bits per heavy atom. The molecular formula is C16H18N2O. The Bertz CT molecular complexity index is 555. The van der Waals surface area contributed by atoms with Crippen molar-refractivity contribution in [1.29, 1.82) is 0 Å². The Labute approximate surface area is 113 Å². The number of nitrogens with zero attached hydrogens (tertiary/aromatic N) is 2. The van der Waals surface area contributed by atoms with Crippen LogP contribution in [0.5, 0.6) is 0 Å². The van der Waals surface area contributed by atoms with E-state index in [9.17, 15) is 4.79 Å². The number of amides is 1. The van der Waals surface area contributed by atoms with Crippen LogP contribution in [0.4, 0.5) is 0 Å². The largest absolute Gasteiger partial charge is 0.325 e. The van der Waals surface area contributed by atoms with Crippen molar-refractivity contribution in [2.45, 2.75) is 32.6 Å². The summed E-state index contributed by atoms with van der Waals surface area (Å²) in [5, 5.41) is 0. The van der Waals surface area contributed by atoms with Crippen molar-refractivity contribution in [3.8, 4) is 0 Å². The van der Waals surface area contributed by atoms with Crippen LogP contribution in [0.25, 0.3) is 6.08 Å². The molecule has 0 bridgehead atoms. The molecule has 19 heavy (non-hydrogen) atoms. The first-order valence-corrected chi connectivity index (χ1v) is 6.92. The Hall–Kier alpha value is -1.90. The van der Waals surface area contributed by atoms with Gasteiger partial charge in [0.1, 0.15) is 11.5 Å². The number of rotatable bonds is 1.